The smallest absolute Gasteiger partial charge is 0.224 e. The fourth-order valence-corrected chi connectivity index (χ4v) is 3.68. The van der Waals surface area contributed by atoms with Crippen molar-refractivity contribution in [2.24, 2.45) is 22.7 Å². The third kappa shape index (κ3) is 6.08. The van der Waals surface area contributed by atoms with Crippen LogP contribution >= 0.6 is 24.0 Å². The second-order valence-electron chi connectivity index (χ2n) is 7.32. The summed E-state index contributed by atoms with van der Waals surface area (Å²) in [5.41, 5.74) is 0. The summed E-state index contributed by atoms with van der Waals surface area (Å²) < 4.78 is 0. The zero-order valence-corrected chi connectivity index (χ0v) is 17.3. The van der Waals surface area contributed by atoms with E-state index in [4.69, 9.17) is 4.99 Å². The fraction of sp³-hybridized carbons (Fsp3) is 0.889. The van der Waals surface area contributed by atoms with E-state index in [1.807, 2.05) is 4.90 Å². The Morgan fingerprint density at radius 1 is 1.12 bits per heavy atom. The van der Waals surface area contributed by atoms with Gasteiger partial charge in [0.2, 0.25) is 5.91 Å². The number of halogens is 1. The van der Waals surface area contributed by atoms with Gasteiger partial charge in [-0.25, -0.2) is 0 Å². The minimum atomic E-state index is 0. The van der Waals surface area contributed by atoms with E-state index in [-0.39, 0.29) is 29.9 Å². The number of nitrogens with one attached hydrogen (secondary N) is 2. The normalized spacial score (nSPS) is 20.9. The number of hydrogen-bond acceptors (Lipinski definition) is 2. The summed E-state index contributed by atoms with van der Waals surface area (Å²) in [5.74, 6) is 3.83. The average molecular weight is 448 g/mol. The van der Waals surface area contributed by atoms with Crippen LogP contribution in [0.1, 0.15) is 51.9 Å². The molecule has 1 saturated heterocycles. The van der Waals surface area contributed by atoms with Gasteiger partial charge in [-0.05, 0) is 63.2 Å². The predicted molar refractivity (Wildman–Crippen MR) is 109 cm³/mol. The van der Waals surface area contributed by atoms with Gasteiger partial charge in [0.05, 0.1) is 0 Å². The van der Waals surface area contributed by atoms with Crippen LogP contribution in [0.2, 0.25) is 0 Å². The molecule has 0 atom stereocenters. The minimum absolute atomic E-state index is 0. The van der Waals surface area contributed by atoms with E-state index in [2.05, 4.69) is 17.6 Å². The number of amides is 1. The molecule has 2 N–H and O–H groups in total. The van der Waals surface area contributed by atoms with E-state index < -0.39 is 0 Å². The Balaban J connectivity index is 0.00000208. The van der Waals surface area contributed by atoms with Crippen LogP contribution in [-0.2, 0) is 4.79 Å². The summed E-state index contributed by atoms with van der Waals surface area (Å²) in [7, 11) is 0. The molecular weight excluding hydrogens is 415 g/mol. The minimum Gasteiger partial charge on any atom is -0.357 e. The number of nitrogens with zero attached hydrogens (tertiary/aromatic N) is 2. The van der Waals surface area contributed by atoms with Crippen LogP contribution in [0.15, 0.2) is 4.99 Å². The Bertz CT molecular complexity index is 417. The summed E-state index contributed by atoms with van der Waals surface area (Å²) in [4.78, 5) is 18.9. The van der Waals surface area contributed by atoms with Crippen molar-refractivity contribution in [3.05, 3.63) is 0 Å². The van der Waals surface area contributed by atoms with Crippen LogP contribution in [0.4, 0.5) is 0 Å². The fourth-order valence-electron chi connectivity index (χ4n) is 3.68. The van der Waals surface area contributed by atoms with Crippen LogP contribution in [-0.4, -0.2) is 49.5 Å². The topological polar surface area (TPSA) is 56.7 Å². The number of carbonyl (C=O) groups excluding carboxylic acids is 1. The number of aliphatic imine (C=N–C) groups is 1. The van der Waals surface area contributed by atoms with Gasteiger partial charge < -0.3 is 15.5 Å². The molecule has 0 aromatic rings. The van der Waals surface area contributed by atoms with Gasteiger partial charge in [-0.3, -0.25) is 9.79 Å². The highest BCUT2D eigenvalue weighted by Gasteiger charge is 2.41. The average Bonchev–Trinajstić information content (AvgIpc) is 3.48. The van der Waals surface area contributed by atoms with Crippen LogP contribution in [0.3, 0.4) is 0 Å². The second kappa shape index (κ2) is 9.82. The van der Waals surface area contributed by atoms with E-state index in [9.17, 15) is 4.79 Å². The maximum Gasteiger partial charge on any atom is 0.224 e. The van der Waals surface area contributed by atoms with Gasteiger partial charge in [-0.15, -0.1) is 24.0 Å². The molecule has 3 aliphatic rings. The van der Waals surface area contributed by atoms with Crippen molar-refractivity contribution in [1.82, 2.24) is 15.5 Å². The first kappa shape index (κ1) is 19.8. The van der Waals surface area contributed by atoms with Crippen LogP contribution in [0, 0.1) is 17.8 Å². The van der Waals surface area contributed by atoms with Gasteiger partial charge >= 0.3 is 0 Å². The zero-order valence-electron chi connectivity index (χ0n) is 14.9. The third-order valence-electron chi connectivity index (χ3n) is 5.35. The lowest BCUT2D eigenvalue weighted by atomic mass is 9.98. The molecule has 6 heteroatoms. The highest BCUT2D eigenvalue weighted by Crippen LogP contribution is 2.49. The summed E-state index contributed by atoms with van der Waals surface area (Å²) >= 11 is 0. The maximum atomic E-state index is 12.1. The van der Waals surface area contributed by atoms with Crippen molar-refractivity contribution in [2.45, 2.75) is 51.9 Å². The summed E-state index contributed by atoms with van der Waals surface area (Å²) in [6.45, 7) is 6.47. The molecule has 0 spiro atoms. The van der Waals surface area contributed by atoms with E-state index in [0.717, 1.165) is 62.7 Å². The Morgan fingerprint density at radius 3 is 2.29 bits per heavy atom. The first-order valence-electron chi connectivity index (χ1n) is 9.58. The van der Waals surface area contributed by atoms with E-state index in [0.29, 0.717) is 13.0 Å². The summed E-state index contributed by atoms with van der Waals surface area (Å²) in [5, 5.41) is 6.65. The van der Waals surface area contributed by atoms with Gasteiger partial charge in [-0.2, -0.15) is 0 Å². The van der Waals surface area contributed by atoms with Crippen LogP contribution < -0.4 is 10.6 Å². The quantitative estimate of drug-likeness (QED) is 0.341. The largest absolute Gasteiger partial charge is 0.357 e. The number of carbonyl (C=O) groups is 1. The molecule has 0 bridgehead atoms. The van der Waals surface area contributed by atoms with Gasteiger partial charge in [0.25, 0.3) is 0 Å². The molecule has 0 aromatic carbocycles. The molecule has 5 nitrogen and oxygen atoms in total. The number of hydrogen-bond donors (Lipinski definition) is 2. The molecule has 1 amide bonds. The number of guanidine groups is 1. The Labute approximate surface area is 163 Å². The van der Waals surface area contributed by atoms with Crippen molar-refractivity contribution in [2.75, 3.05) is 32.7 Å². The van der Waals surface area contributed by atoms with E-state index >= 15 is 0 Å². The molecule has 2 aliphatic carbocycles. The Hall–Kier alpha value is -0.530. The highest BCUT2D eigenvalue weighted by atomic mass is 127. The van der Waals surface area contributed by atoms with Gasteiger partial charge in [0.15, 0.2) is 5.96 Å². The Morgan fingerprint density at radius 2 is 1.75 bits per heavy atom. The third-order valence-corrected chi connectivity index (χ3v) is 5.35. The molecule has 0 unspecified atom stereocenters. The van der Waals surface area contributed by atoms with E-state index in [1.165, 1.54) is 25.7 Å². The molecule has 138 valence electrons. The standard InChI is InChI=1S/C18H32N4O.HI/c1-2-19-18(20-10-9-17(23)22-11-3-4-12-22)21-13-16(14-5-6-14)15-7-8-15;/h14-16H,2-13H2,1H3,(H2,19,20,21);1H. The molecule has 24 heavy (non-hydrogen) atoms. The van der Waals surface area contributed by atoms with E-state index in [1.54, 1.807) is 0 Å². The molecule has 1 aliphatic heterocycles. The SMILES string of the molecule is CCNC(=NCC(C1CC1)C1CC1)NCCC(=O)N1CCCC1.I. The highest BCUT2D eigenvalue weighted by molar-refractivity contribution is 14.0. The van der Waals surface area contributed by atoms with Gasteiger partial charge in [-0.1, -0.05) is 0 Å². The maximum absolute atomic E-state index is 12.1. The van der Waals surface area contributed by atoms with Crippen molar-refractivity contribution >= 4 is 35.8 Å². The van der Waals surface area contributed by atoms with Crippen LogP contribution in [0.25, 0.3) is 0 Å². The molecule has 0 aromatic heterocycles. The summed E-state index contributed by atoms with van der Waals surface area (Å²) in [6.07, 6.45) is 8.52. The van der Waals surface area contributed by atoms with Crippen molar-refractivity contribution in [1.29, 1.82) is 0 Å². The molecule has 3 fully saturated rings. The molecule has 2 saturated carbocycles. The number of likely N-dealkylation sites (tertiary alicyclic amines) is 1. The second-order valence-corrected chi connectivity index (χ2v) is 7.32. The predicted octanol–water partition coefficient (Wildman–Crippen LogP) is 2.61. The monoisotopic (exact) mass is 448 g/mol. The first-order chi connectivity index (χ1) is 11.3. The van der Waals surface area contributed by atoms with Crippen molar-refractivity contribution in [3.8, 4) is 0 Å². The first-order valence-corrected chi connectivity index (χ1v) is 9.58. The van der Waals surface area contributed by atoms with Crippen molar-refractivity contribution < 1.29 is 4.79 Å². The summed E-state index contributed by atoms with van der Waals surface area (Å²) in [6, 6.07) is 0. The lowest BCUT2D eigenvalue weighted by Crippen LogP contribution is -2.40. The van der Waals surface area contributed by atoms with Crippen LogP contribution in [0.5, 0.6) is 0 Å². The molecule has 3 rings (SSSR count). The van der Waals surface area contributed by atoms with Crippen molar-refractivity contribution in [3.63, 3.8) is 0 Å². The van der Waals surface area contributed by atoms with Gasteiger partial charge in [0, 0.05) is 39.1 Å². The van der Waals surface area contributed by atoms with Gasteiger partial charge in [0.1, 0.15) is 0 Å². The molecule has 1 heterocycles. The number of rotatable bonds is 8. The molecular formula is C18H33IN4O. The lowest BCUT2D eigenvalue weighted by Gasteiger charge is -2.17. The Kier molecular flexibility index (Phi) is 8.10. The molecule has 0 radical (unpaired) electrons. The lowest BCUT2D eigenvalue weighted by molar-refractivity contribution is -0.129. The zero-order chi connectivity index (χ0) is 16.1.